The quantitative estimate of drug-likeness (QED) is 0.345. The average molecular weight is 414 g/mol. The third-order valence-corrected chi connectivity index (χ3v) is 5.01. The molecule has 2 aromatic rings. The standard InChI is InChI=1S/C25H35NO4/c1-7-8-15-29-24-23(30-16-14-19(4)11-9-10-18(2)3)21-13-12-20(28-6)17-22(21)26(5)25(24)27/h10,12-14,17H,7-9,11,15-16H2,1-6H3/b19-14+. The van der Waals surface area contributed by atoms with E-state index in [1.54, 1.807) is 18.7 Å². The molecule has 0 bridgehead atoms. The number of hydrogen-bond acceptors (Lipinski definition) is 4. The van der Waals surface area contributed by atoms with E-state index in [0.29, 0.717) is 24.7 Å². The van der Waals surface area contributed by atoms with Gasteiger partial charge in [0, 0.05) is 18.5 Å². The van der Waals surface area contributed by atoms with E-state index < -0.39 is 0 Å². The topological polar surface area (TPSA) is 49.7 Å². The van der Waals surface area contributed by atoms with Crippen LogP contribution in [-0.2, 0) is 7.05 Å². The SMILES string of the molecule is CCCCOc1c(OC/C=C(\C)CCC=C(C)C)c2ccc(OC)cc2n(C)c1=O. The normalized spacial score (nSPS) is 11.5. The molecule has 0 aliphatic heterocycles. The zero-order valence-corrected chi connectivity index (χ0v) is 19.2. The smallest absolute Gasteiger partial charge is 0.297 e. The zero-order chi connectivity index (χ0) is 22.1. The molecule has 0 aliphatic rings. The Balaban J connectivity index is 2.36. The molecule has 1 aromatic carbocycles. The van der Waals surface area contributed by atoms with Crippen LogP contribution in [0.5, 0.6) is 17.2 Å². The Hall–Kier alpha value is -2.69. The molecule has 0 fully saturated rings. The van der Waals surface area contributed by atoms with E-state index in [1.165, 1.54) is 11.1 Å². The van der Waals surface area contributed by atoms with Gasteiger partial charge in [-0.15, -0.1) is 0 Å². The van der Waals surface area contributed by atoms with Crippen LogP contribution in [-0.4, -0.2) is 24.9 Å². The molecule has 30 heavy (non-hydrogen) atoms. The van der Waals surface area contributed by atoms with E-state index >= 15 is 0 Å². The lowest BCUT2D eigenvalue weighted by atomic mass is 10.1. The van der Waals surface area contributed by atoms with Gasteiger partial charge in [-0.1, -0.05) is 30.6 Å². The third-order valence-electron chi connectivity index (χ3n) is 5.01. The van der Waals surface area contributed by atoms with E-state index in [1.807, 2.05) is 18.2 Å². The number of hydrogen-bond donors (Lipinski definition) is 0. The molecule has 0 aliphatic carbocycles. The molecule has 0 atom stereocenters. The van der Waals surface area contributed by atoms with Crippen LogP contribution >= 0.6 is 0 Å². The van der Waals surface area contributed by atoms with Crippen LogP contribution in [0.25, 0.3) is 10.9 Å². The van der Waals surface area contributed by atoms with Crippen molar-refractivity contribution < 1.29 is 14.2 Å². The largest absolute Gasteiger partial charge is 0.497 e. The summed E-state index contributed by atoms with van der Waals surface area (Å²) in [6.07, 6.45) is 8.19. The Labute approximate surface area is 180 Å². The number of fused-ring (bicyclic) bond motifs is 1. The number of aromatic nitrogens is 1. The van der Waals surface area contributed by atoms with E-state index in [4.69, 9.17) is 14.2 Å². The van der Waals surface area contributed by atoms with Gasteiger partial charge in [0.15, 0.2) is 5.75 Å². The number of ether oxygens (including phenoxy) is 3. The van der Waals surface area contributed by atoms with Crippen molar-refractivity contribution in [3.05, 3.63) is 51.9 Å². The highest BCUT2D eigenvalue weighted by atomic mass is 16.5. The summed E-state index contributed by atoms with van der Waals surface area (Å²) in [5.41, 5.74) is 3.14. The van der Waals surface area contributed by atoms with E-state index in [-0.39, 0.29) is 11.3 Å². The molecule has 164 valence electrons. The highest BCUT2D eigenvalue weighted by Crippen LogP contribution is 2.34. The van der Waals surface area contributed by atoms with Gasteiger partial charge >= 0.3 is 0 Å². The zero-order valence-electron chi connectivity index (χ0n) is 19.2. The van der Waals surface area contributed by atoms with Gasteiger partial charge in [0.1, 0.15) is 12.4 Å². The summed E-state index contributed by atoms with van der Waals surface area (Å²) in [5.74, 6) is 1.47. The Bertz CT molecular complexity index is 965. The molecule has 0 radical (unpaired) electrons. The minimum absolute atomic E-state index is 0.203. The molecule has 0 unspecified atom stereocenters. The van der Waals surface area contributed by atoms with Crippen LogP contribution < -0.4 is 19.8 Å². The van der Waals surface area contributed by atoms with Crippen molar-refractivity contribution in [1.82, 2.24) is 4.57 Å². The second-order valence-electron chi connectivity index (χ2n) is 7.79. The second kappa shape index (κ2) is 11.5. The maximum atomic E-state index is 13.0. The lowest BCUT2D eigenvalue weighted by molar-refractivity contribution is 0.275. The molecular weight excluding hydrogens is 378 g/mol. The molecule has 2 rings (SSSR count). The van der Waals surface area contributed by atoms with Gasteiger partial charge in [0.05, 0.1) is 19.2 Å². The number of nitrogens with zero attached hydrogens (tertiary/aromatic N) is 1. The first-order valence-corrected chi connectivity index (χ1v) is 10.6. The first-order chi connectivity index (χ1) is 14.4. The number of rotatable bonds is 11. The predicted molar refractivity (Wildman–Crippen MR) is 124 cm³/mol. The molecular formula is C25H35NO4. The van der Waals surface area contributed by atoms with Crippen LogP contribution in [0.2, 0.25) is 0 Å². The Kier molecular flexibility index (Phi) is 9.03. The summed E-state index contributed by atoms with van der Waals surface area (Å²) in [7, 11) is 3.36. The van der Waals surface area contributed by atoms with Gasteiger partial charge in [0.2, 0.25) is 5.75 Å². The fraction of sp³-hybridized carbons (Fsp3) is 0.480. The van der Waals surface area contributed by atoms with Crippen molar-refractivity contribution >= 4 is 10.9 Å². The summed E-state index contributed by atoms with van der Waals surface area (Å²) in [4.78, 5) is 13.0. The second-order valence-corrected chi connectivity index (χ2v) is 7.79. The molecule has 1 aromatic heterocycles. The monoisotopic (exact) mass is 413 g/mol. The molecule has 1 heterocycles. The van der Waals surface area contributed by atoms with Crippen LogP contribution in [0.1, 0.15) is 53.4 Å². The molecule has 0 spiro atoms. The van der Waals surface area contributed by atoms with Gasteiger partial charge in [-0.25, -0.2) is 0 Å². The summed E-state index contributed by atoms with van der Waals surface area (Å²) < 4.78 is 18.9. The van der Waals surface area contributed by atoms with Crippen molar-refractivity contribution in [3.63, 3.8) is 0 Å². The number of allylic oxidation sites excluding steroid dienone is 3. The molecule has 0 N–H and O–H groups in total. The first kappa shape index (κ1) is 23.6. The van der Waals surface area contributed by atoms with Crippen LogP contribution in [0.4, 0.5) is 0 Å². The Morgan fingerprint density at radius 2 is 1.87 bits per heavy atom. The number of pyridine rings is 1. The lowest BCUT2D eigenvalue weighted by Gasteiger charge is -2.17. The minimum atomic E-state index is -0.203. The van der Waals surface area contributed by atoms with Crippen molar-refractivity contribution in [2.75, 3.05) is 20.3 Å². The Morgan fingerprint density at radius 3 is 2.53 bits per heavy atom. The van der Waals surface area contributed by atoms with Crippen LogP contribution in [0.3, 0.4) is 0 Å². The van der Waals surface area contributed by atoms with E-state index in [9.17, 15) is 4.79 Å². The first-order valence-electron chi connectivity index (χ1n) is 10.6. The number of aryl methyl sites for hydroxylation is 1. The third kappa shape index (κ3) is 6.15. The van der Waals surface area contributed by atoms with Gasteiger partial charge in [-0.2, -0.15) is 0 Å². The molecule has 5 nitrogen and oxygen atoms in total. The van der Waals surface area contributed by atoms with E-state index in [2.05, 4.69) is 39.8 Å². The highest BCUT2D eigenvalue weighted by Gasteiger charge is 2.18. The molecule has 0 saturated carbocycles. The maximum Gasteiger partial charge on any atom is 0.297 e. The summed E-state index contributed by atoms with van der Waals surface area (Å²) in [5, 5.41) is 0.833. The highest BCUT2D eigenvalue weighted by molar-refractivity contribution is 5.89. The van der Waals surface area contributed by atoms with E-state index in [0.717, 1.165) is 36.6 Å². The van der Waals surface area contributed by atoms with Gasteiger partial charge in [-0.3, -0.25) is 4.79 Å². The van der Waals surface area contributed by atoms with Crippen molar-refractivity contribution in [1.29, 1.82) is 0 Å². The number of benzene rings is 1. The van der Waals surface area contributed by atoms with Crippen LogP contribution in [0.15, 0.2) is 46.3 Å². The number of methoxy groups -OCH3 is 1. The Morgan fingerprint density at radius 1 is 1.10 bits per heavy atom. The fourth-order valence-corrected chi connectivity index (χ4v) is 3.14. The van der Waals surface area contributed by atoms with Crippen molar-refractivity contribution in [2.45, 2.75) is 53.4 Å². The lowest BCUT2D eigenvalue weighted by Crippen LogP contribution is -2.21. The van der Waals surface area contributed by atoms with Gasteiger partial charge in [-0.05, 0) is 58.2 Å². The molecule has 5 heteroatoms. The summed E-state index contributed by atoms with van der Waals surface area (Å²) >= 11 is 0. The van der Waals surface area contributed by atoms with Crippen molar-refractivity contribution in [3.8, 4) is 17.2 Å². The number of unbranched alkanes of at least 4 members (excludes halogenated alkanes) is 1. The maximum absolute atomic E-state index is 13.0. The minimum Gasteiger partial charge on any atom is -0.497 e. The predicted octanol–water partition coefficient (Wildman–Crippen LogP) is 5.80. The average Bonchev–Trinajstić information content (AvgIpc) is 2.72. The fourth-order valence-electron chi connectivity index (χ4n) is 3.14. The molecule has 0 amide bonds. The summed E-state index contributed by atoms with van der Waals surface area (Å²) in [6, 6.07) is 5.64. The van der Waals surface area contributed by atoms with Gasteiger partial charge < -0.3 is 18.8 Å². The van der Waals surface area contributed by atoms with Crippen molar-refractivity contribution in [2.24, 2.45) is 7.05 Å². The van der Waals surface area contributed by atoms with Gasteiger partial charge in [0.25, 0.3) is 5.56 Å². The molecule has 0 saturated heterocycles. The van der Waals surface area contributed by atoms with Crippen LogP contribution in [0, 0.1) is 0 Å². The summed E-state index contributed by atoms with van der Waals surface area (Å²) in [6.45, 7) is 9.29.